The summed E-state index contributed by atoms with van der Waals surface area (Å²) >= 11 is 0. The van der Waals surface area contributed by atoms with Crippen LogP contribution >= 0.6 is 0 Å². The number of carbonyl (C=O) groups excluding carboxylic acids is 2. The molecule has 29 heavy (non-hydrogen) atoms. The lowest BCUT2D eigenvalue weighted by molar-refractivity contribution is -0.128. The van der Waals surface area contributed by atoms with Crippen molar-refractivity contribution >= 4 is 11.8 Å². The van der Waals surface area contributed by atoms with Gasteiger partial charge in [0.05, 0.1) is 6.20 Å². The van der Waals surface area contributed by atoms with Crippen molar-refractivity contribution in [2.45, 2.75) is 26.3 Å². The van der Waals surface area contributed by atoms with Crippen LogP contribution in [0.5, 0.6) is 11.5 Å². The average Bonchev–Trinajstić information content (AvgIpc) is 3.32. The monoisotopic (exact) mass is 391 g/mol. The molecule has 0 radical (unpaired) electrons. The van der Waals surface area contributed by atoms with Crippen molar-refractivity contribution in [1.29, 1.82) is 0 Å². The quantitative estimate of drug-likeness (QED) is 0.691. The number of primary amides is 1. The van der Waals surface area contributed by atoms with Crippen molar-refractivity contribution in [2.75, 3.05) is 6.54 Å². The fourth-order valence-corrected chi connectivity index (χ4v) is 3.32. The zero-order valence-corrected chi connectivity index (χ0v) is 16.1. The van der Waals surface area contributed by atoms with Gasteiger partial charge in [0.2, 0.25) is 11.8 Å². The zero-order valence-electron chi connectivity index (χ0n) is 16.1. The highest BCUT2D eigenvalue weighted by Crippen LogP contribution is 2.30. The minimum absolute atomic E-state index is 0.127. The smallest absolute Gasteiger partial charge is 0.248 e. The molecule has 4 rings (SSSR count). The van der Waals surface area contributed by atoms with Gasteiger partial charge >= 0.3 is 0 Å². The molecule has 0 spiro atoms. The normalized spacial score (nSPS) is 13.7. The molecular weight excluding hydrogens is 370 g/mol. The number of hydrogen-bond acceptors (Lipinski definition) is 5. The number of nitrogens with zero attached hydrogens (tertiary/aromatic N) is 2. The number of likely N-dealkylation sites (tertiary alicyclic amines) is 1. The summed E-state index contributed by atoms with van der Waals surface area (Å²) in [5.41, 5.74) is 7.48. The summed E-state index contributed by atoms with van der Waals surface area (Å²) in [4.78, 5) is 29.5. The first kappa shape index (κ1) is 18.7. The molecule has 148 valence electrons. The van der Waals surface area contributed by atoms with Gasteiger partial charge in [-0.2, -0.15) is 0 Å². The lowest BCUT2D eigenvalue weighted by Crippen LogP contribution is -2.24. The fraction of sp³-hybridized carbons (Fsp3) is 0.227. The summed E-state index contributed by atoms with van der Waals surface area (Å²) in [6, 6.07) is 12.4. The van der Waals surface area contributed by atoms with Crippen LogP contribution in [0.1, 0.15) is 34.7 Å². The van der Waals surface area contributed by atoms with Gasteiger partial charge in [0, 0.05) is 43.1 Å². The van der Waals surface area contributed by atoms with Gasteiger partial charge in [0.25, 0.3) is 0 Å². The van der Waals surface area contributed by atoms with E-state index in [1.807, 2.05) is 24.3 Å². The Kier molecular flexibility index (Phi) is 5.03. The third kappa shape index (κ3) is 4.13. The minimum atomic E-state index is -0.533. The number of amides is 2. The van der Waals surface area contributed by atoms with Crippen LogP contribution < -0.4 is 10.5 Å². The fourth-order valence-electron chi connectivity index (χ4n) is 3.32. The van der Waals surface area contributed by atoms with E-state index in [1.54, 1.807) is 36.2 Å². The van der Waals surface area contributed by atoms with Crippen molar-refractivity contribution in [1.82, 2.24) is 9.88 Å². The molecule has 7 heteroatoms. The van der Waals surface area contributed by atoms with Gasteiger partial charge in [-0.1, -0.05) is 6.07 Å². The number of benzene rings is 2. The van der Waals surface area contributed by atoms with E-state index in [1.165, 1.54) is 0 Å². The Morgan fingerprint density at radius 3 is 2.66 bits per heavy atom. The summed E-state index contributed by atoms with van der Waals surface area (Å²) in [5.74, 6) is 1.98. The number of ether oxygens (including phenoxy) is 1. The van der Waals surface area contributed by atoms with Crippen LogP contribution in [0.15, 0.2) is 53.1 Å². The SMILES string of the molecule is Cc1ncc(-c2ccc(Oc3cc(C(N)=O)ccc3CN3CCCC3=O)cc2)o1. The van der Waals surface area contributed by atoms with Gasteiger partial charge < -0.3 is 19.8 Å². The molecule has 0 bridgehead atoms. The first-order chi connectivity index (χ1) is 14.0. The third-order valence-electron chi connectivity index (χ3n) is 4.87. The minimum Gasteiger partial charge on any atom is -0.457 e. The summed E-state index contributed by atoms with van der Waals surface area (Å²) in [7, 11) is 0. The van der Waals surface area contributed by atoms with Gasteiger partial charge in [-0.3, -0.25) is 9.59 Å². The third-order valence-corrected chi connectivity index (χ3v) is 4.87. The van der Waals surface area contributed by atoms with Crippen molar-refractivity contribution < 1.29 is 18.7 Å². The summed E-state index contributed by atoms with van der Waals surface area (Å²) in [6.45, 7) is 2.95. The largest absolute Gasteiger partial charge is 0.457 e. The van der Waals surface area contributed by atoms with Crippen LogP contribution in [0, 0.1) is 6.92 Å². The number of aromatic nitrogens is 1. The second-order valence-electron chi connectivity index (χ2n) is 6.98. The molecule has 2 aromatic carbocycles. The second kappa shape index (κ2) is 7.79. The molecular formula is C22H21N3O4. The topological polar surface area (TPSA) is 98.7 Å². The second-order valence-corrected chi connectivity index (χ2v) is 6.98. The summed E-state index contributed by atoms with van der Waals surface area (Å²) < 4.78 is 11.6. The number of hydrogen-bond donors (Lipinski definition) is 1. The standard InChI is InChI=1S/C22H21N3O4/c1-14-24-12-20(28-14)15-6-8-18(9-7-15)29-19-11-16(22(23)27)4-5-17(19)13-25-10-2-3-21(25)26/h4-9,11-12H,2-3,10,13H2,1H3,(H2,23,27). The maximum absolute atomic E-state index is 12.0. The van der Waals surface area contributed by atoms with Crippen molar-refractivity contribution in [3.63, 3.8) is 0 Å². The first-order valence-corrected chi connectivity index (χ1v) is 9.41. The zero-order chi connectivity index (χ0) is 20.4. The van der Waals surface area contributed by atoms with Crippen LogP contribution in [0.4, 0.5) is 0 Å². The van der Waals surface area contributed by atoms with Crippen LogP contribution in [0.2, 0.25) is 0 Å². The molecule has 7 nitrogen and oxygen atoms in total. The maximum Gasteiger partial charge on any atom is 0.248 e. The predicted octanol–water partition coefficient (Wildman–Crippen LogP) is 3.66. The van der Waals surface area contributed by atoms with Crippen LogP contribution in [0.25, 0.3) is 11.3 Å². The Morgan fingerprint density at radius 2 is 2.03 bits per heavy atom. The molecule has 1 aliphatic rings. The Hall–Kier alpha value is -3.61. The molecule has 0 aliphatic carbocycles. The molecule has 0 atom stereocenters. The molecule has 1 aliphatic heterocycles. The van der Waals surface area contributed by atoms with Crippen molar-refractivity contribution in [3.05, 3.63) is 65.7 Å². The van der Waals surface area contributed by atoms with E-state index < -0.39 is 5.91 Å². The van der Waals surface area contributed by atoms with Gasteiger partial charge in [-0.25, -0.2) is 4.98 Å². The molecule has 0 unspecified atom stereocenters. The van der Waals surface area contributed by atoms with Gasteiger partial charge in [0.1, 0.15) is 11.5 Å². The van der Waals surface area contributed by atoms with E-state index in [-0.39, 0.29) is 5.91 Å². The molecule has 0 saturated carbocycles. The van der Waals surface area contributed by atoms with E-state index >= 15 is 0 Å². The molecule has 2 N–H and O–H groups in total. The van der Waals surface area contributed by atoms with E-state index in [0.717, 1.165) is 24.1 Å². The van der Waals surface area contributed by atoms with Crippen molar-refractivity contribution in [2.24, 2.45) is 5.73 Å². The lowest BCUT2D eigenvalue weighted by atomic mass is 10.1. The van der Waals surface area contributed by atoms with Gasteiger partial charge in [-0.05, 0) is 42.8 Å². The molecule has 2 heterocycles. The number of carbonyl (C=O) groups is 2. The Labute approximate surface area is 168 Å². The number of oxazole rings is 1. The highest BCUT2D eigenvalue weighted by atomic mass is 16.5. The van der Waals surface area contributed by atoms with Crippen LogP contribution in [0.3, 0.4) is 0 Å². The number of rotatable bonds is 6. The van der Waals surface area contributed by atoms with E-state index in [0.29, 0.717) is 41.7 Å². The van der Waals surface area contributed by atoms with E-state index in [4.69, 9.17) is 14.9 Å². The van der Waals surface area contributed by atoms with E-state index in [9.17, 15) is 9.59 Å². The number of nitrogens with two attached hydrogens (primary N) is 1. The highest BCUT2D eigenvalue weighted by molar-refractivity contribution is 5.93. The molecule has 3 aromatic rings. The van der Waals surface area contributed by atoms with E-state index in [2.05, 4.69) is 4.98 Å². The first-order valence-electron chi connectivity index (χ1n) is 9.41. The Bertz CT molecular complexity index is 1060. The highest BCUT2D eigenvalue weighted by Gasteiger charge is 2.22. The van der Waals surface area contributed by atoms with Gasteiger partial charge in [0.15, 0.2) is 11.7 Å². The lowest BCUT2D eigenvalue weighted by Gasteiger charge is -2.19. The van der Waals surface area contributed by atoms with Crippen molar-refractivity contribution in [3.8, 4) is 22.8 Å². The number of aryl methyl sites for hydroxylation is 1. The predicted molar refractivity (Wildman–Crippen MR) is 106 cm³/mol. The average molecular weight is 391 g/mol. The Balaban J connectivity index is 1.59. The maximum atomic E-state index is 12.0. The molecule has 1 fully saturated rings. The molecule has 1 aromatic heterocycles. The Morgan fingerprint density at radius 1 is 1.24 bits per heavy atom. The summed E-state index contributed by atoms with van der Waals surface area (Å²) in [5, 5.41) is 0. The summed E-state index contributed by atoms with van der Waals surface area (Å²) in [6.07, 6.45) is 3.10. The van der Waals surface area contributed by atoms with Crippen LogP contribution in [-0.2, 0) is 11.3 Å². The molecule has 1 saturated heterocycles. The van der Waals surface area contributed by atoms with Crippen LogP contribution in [-0.4, -0.2) is 28.2 Å². The van der Waals surface area contributed by atoms with Gasteiger partial charge in [-0.15, -0.1) is 0 Å². The molecule has 2 amide bonds.